The van der Waals surface area contributed by atoms with Gasteiger partial charge in [-0.1, -0.05) is 6.92 Å². The zero-order valence-electron chi connectivity index (χ0n) is 10.6. The summed E-state index contributed by atoms with van der Waals surface area (Å²) in [7, 11) is 2.14. The number of rotatable bonds is 1. The fourth-order valence-electron chi connectivity index (χ4n) is 2.74. The van der Waals surface area contributed by atoms with Gasteiger partial charge in [0.25, 0.3) is 0 Å². The molecular weight excluding hydrogens is 214 g/mol. The smallest absolute Gasteiger partial charge is 0.219 e. The molecule has 0 radical (unpaired) electrons. The van der Waals surface area contributed by atoms with Gasteiger partial charge in [0.05, 0.1) is 6.20 Å². The first-order valence-electron chi connectivity index (χ1n) is 5.66. The molecule has 92 valence electrons. The molecule has 0 saturated carbocycles. The van der Waals surface area contributed by atoms with Crippen LogP contribution in [0.25, 0.3) is 0 Å². The van der Waals surface area contributed by atoms with Crippen molar-refractivity contribution in [3.05, 3.63) is 35.8 Å². The first-order chi connectivity index (χ1) is 7.60. The van der Waals surface area contributed by atoms with Gasteiger partial charge in [0.15, 0.2) is 6.07 Å². The lowest BCUT2D eigenvalue weighted by atomic mass is 9.93. The number of nitrogens with zero attached hydrogens (tertiary/aromatic N) is 2. The van der Waals surface area contributed by atoms with Gasteiger partial charge in [0.2, 0.25) is 5.70 Å². The fraction of sp³-hybridized carbons (Fsp3) is 0.462. The van der Waals surface area contributed by atoms with Gasteiger partial charge in [-0.3, -0.25) is 4.90 Å². The van der Waals surface area contributed by atoms with E-state index in [4.69, 9.17) is 5.26 Å². The van der Waals surface area contributed by atoms with E-state index in [9.17, 15) is 0 Å². The van der Waals surface area contributed by atoms with E-state index >= 15 is 0 Å². The second-order valence-electron chi connectivity index (χ2n) is 4.67. The van der Waals surface area contributed by atoms with Crippen LogP contribution in [0.2, 0.25) is 0 Å². The summed E-state index contributed by atoms with van der Waals surface area (Å²) in [6.07, 6.45) is 3.86. The van der Waals surface area contributed by atoms with Crippen molar-refractivity contribution in [1.82, 2.24) is 4.90 Å². The molecule has 2 aliphatic rings. The summed E-state index contributed by atoms with van der Waals surface area (Å²) in [4.78, 5) is 3.38. The van der Waals surface area contributed by atoms with E-state index in [2.05, 4.69) is 38.4 Å². The molecule has 0 bridgehead atoms. The summed E-state index contributed by atoms with van der Waals surface area (Å²) in [5.74, 6) is 0.478. The minimum atomic E-state index is 0. The van der Waals surface area contributed by atoms with Crippen molar-refractivity contribution in [2.24, 2.45) is 5.92 Å². The number of allylic oxidation sites excluding steroid dienone is 1. The lowest BCUT2D eigenvalue weighted by Gasteiger charge is -2.34. The normalized spacial score (nSPS) is 32.4. The Balaban J connectivity index is 0.00000144. The standard InChI is InChI=1S/C13H17N3.H2O/c1-5-16-11(7-14)6-12-10(3)15(4)8-9(2)13(12)16;/h5-6,9-10H,1,8H2,2-4H3;1H2. The predicted octanol–water partition coefficient (Wildman–Crippen LogP) is 0.483. The van der Waals surface area contributed by atoms with E-state index in [-0.39, 0.29) is 5.48 Å². The number of quaternary nitrogens is 1. The van der Waals surface area contributed by atoms with Crippen LogP contribution in [-0.4, -0.2) is 30.0 Å². The monoisotopic (exact) mass is 233 g/mol. The van der Waals surface area contributed by atoms with Crippen LogP contribution in [0.15, 0.2) is 35.8 Å². The molecule has 0 amide bonds. The third kappa shape index (κ3) is 1.93. The third-order valence-electron chi connectivity index (χ3n) is 3.68. The molecule has 4 heteroatoms. The molecule has 0 saturated heterocycles. The molecule has 0 aromatic heterocycles. The lowest BCUT2D eigenvalue weighted by Crippen LogP contribution is -3.03. The van der Waals surface area contributed by atoms with Crippen LogP contribution < -0.4 is 4.90 Å². The Hall–Kier alpha value is -1.41. The minimum absolute atomic E-state index is 0. The molecule has 2 heterocycles. The van der Waals surface area contributed by atoms with E-state index in [1.165, 1.54) is 11.3 Å². The number of likely N-dealkylation sites (N-methyl/N-ethyl adjacent to an activating group) is 1. The summed E-state index contributed by atoms with van der Waals surface area (Å²) in [5, 5.41) is 9.13. The quantitative estimate of drug-likeness (QED) is 0.716. The van der Waals surface area contributed by atoms with Crippen molar-refractivity contribution in [1.29, 1.82) is 5.26 Å². The van der Waals surface area contributed by atoms with Crippen molar-refractivity contribution < 1.29 is 10.4 Å². The molecule has 3 unspecified atom stereocenters. The van der Waals surface area contributed by atoms with E-state index in [1.807, 2.05) is 12.3 Å². The molecule has 2 rings (SSSR count). The zero-order chi connectivity index (χ0) is 11.9. The van der Waals surface area contributed by atoms with Crippen molar-refractivity contribution in [3.63, 3.8) is 0 Å². The predicted molar refractivity (Wildman–Crippen MR) is 65.1 cm³/mol. The van der Waals surface area contributed by atoms with E-state index in [0.717, 1.165) is 17.1 Å². The minimum Gasteiger partial charge on any atom is -0.870 e. The molecule has 0 fully saturated rings. The van der Waals surface area contributed by atoms with Crippen LogP contribution in [0.3, 0.4) is 0 Å². The highest BCUT2D eigenvalue weighted by molar-refractivity contribution is 5.40. The number of hydrogen-bond acceptors (Lipinski definition) is 3. The molecule has 17 heavy (non-hydrogen) atoms. The van der Waals surface area contributed by atoms with Gasteiger partial charge in [-0.05, 0) is 20.6 Å². The van der Waals surface area contributed by atoms with Crippen LogP contribution >= 0.6 is 0 Å². The van der Waals surface area contributed by atoms with Crippen LogP contribution in [0.4, 0.5) is 0 Å². The van der Waals surface area contributed by atoms with Gasteiger partial charge >= 0.3 is 0 Å². The van der Waals surface area contributed by atoms with Gasteiger partial charge < -0.3 is 5.48 Å². The molecule has 2 N–H and O–H groups in total. The van der Waals surface area contributed by atoms with Crippen molar-refractivity contribution in [2.75, 3.05) is 13.6 Å². The highest BCUT2D eigenvalue weighted by Crippen LogP contribution is 2.28. The molecule has 4 nitrogen and oxygen atoms in total. The zero-order valence-corrected chi connectivity index (χ0v) is 10.6. The van der Waals surface area contributed by atoms with Crippen molar-refractivity contribution in [3.8, 4) is 6.07 Å². The second-order valence-corrected chi connectivity index (χ2v) is 4.67. The first-order valence-corrected chi connectivity index (χ1v) is 5.66. The maximum absolute atomic E-state index is 9.13. The van der Waals surface area contributed by atoms with Crippen molar-refractivity contribution in [2.45, 2.75) is 19.9 Å². The molecule has 0 aromatic rings. The maximum Gasteiger partial charge on any atom is 0.219 e. The summed E-state index contributed by atoms with van der Waals surface area (Å²) >= 11 is 0. The molecule has 3 atom stereocenters. The van der Waals surface area contributed by atoms with Crippen LogP contribution in [0.5, 0.6) is 0 Å². The van der Waals surface area contributed by atoms with E-state index in [0.29, 0.717) is 12.0 Å². The Bertz CT molecular complexity index is 430. The molecule has 0 aromatic carbocycles. The Labute approximate surface area is 102 Å². The number of hydrogen-bond donors (Lipinski definition) is 1. The van der Waals surface area contributed by atoms with Gasteiger partial charge in [-0.15, -0.1) is 0 Å². The largest absolute Gasteiger partial charge is 0.870 e. The second kappa shape index (κ2) is 4.84. The molecule has 2 aliphatic heterocycles. The van der Waals surface area contributed by atoms with Crippen LogP contribution in [-0.2, 0) is 0 Å². The summed E-state index contributed by atoms with van der Waals surface area (Å²) in [6, 6.07) is 2.67. The fourth-order valence-corrected chi connectivity index (χ4v) is 2.74. The average molecular weight is 233 g/mol. The Kier molecular flexibility index (Phi) is 3.89. The van der Waals surface area contributed by atoms with E-state index in [1.54, 1.807) is 0 Å². The highest BCUT2D eigenvalue weighted by atomic mass is 16.0. The SMILES string of the molecule is C=C[NH+]1C(C#N)=CC2=C1C(C)CN(C)C2C.[OH-]. The first kappa shape index (κ1) is 13.7. The van der Waals surface area contributed by atoms with Crippen molar-refractivity contribution >= 4 is 0 Å². The number of nitriles is 1. The molecule has 0 spiro atoms. The topological polar surface area (TPSA) is 61.5 Å². The van der Waals surface area contributed by atoms with Gasteiger partial charge in [-0.2, -0.15) is 5.26 Å². The Morgan fingerprint density at radius 3 is 2.76 bits per heavy atom. The van der Waals surface area contributed by atoms with Crippen LogP contribution in [0.1, 0.15) is 13.8 Å². The van der Waals surface area contributed by atoms with Crippen LogP contribution in [0, 0.1) is 17.2 Å². The van der Waals surface area contributed by atoms with Gasteiger partial charge in [0, 0.05) is 30.2 Å². The highest BCUT2D eigenvalue weighted by Gasteiger charge is 2.39. The third-order valence-corrected chi connectivity index (χ3v) is 3.68. The lowest BCUT2D eigenvalue weighted by molar-refractivity contribution is -0.758. The molecular formula is C13H19N3O. The van der Waals surface area contributed by atoms with E-state index < -0.39 is 0 Å². The Morgan fingerprint density at radius 1 is 1.59 bits per heavy atom. The summed E-state index contributed by atoms with van der Waals surface area (Å²) in [6.45, 7) is 9.29. The summed E-state index contributed by atoms with van der Waals surface area (Å²) < 4.78 is 0. The Morgan fingerprint density at radius 2 is 2.24 bits per heavy atom. The van der Waals surface area contributed by atoms with Gasteiger partial charge in [0.1, 0.15) is 5.70 Å². The maximum atomic E-state index is 9.13. The summed E-state index contributed by atoms with van der Waals surface area (Å²) in [5.41, 5.74) is 3.40. The average Bonchev–Trinajstić information content (AvgIpc) is 2.64. The number of nitrogens with one attached hydrogen (secondary N) is 1. The molecule has 0 aliphatic carbocycles. The van der Waals surface area contributed by atoms with Gasteiger partial charge in [-0.25, -0.2) is 4.90 Å².